The van der Waals surface area contributed by atoms with E-state index in [1.807, 2.05) is 7.05 Å². The molecule has 2 N–H and O–H groups in total. The highest BCUT2D eigenvalue weighted by atomic mass is 16.3. The molecule has 0 bridgehead atoms. The van der Waals surface area contributed by atoms with Gasteiger partial charge in [-0.05, 0) is 25.5 Å². The van der Waals surface area contributed by atoms with E-state index in [1.165, 1.54) is 12.0 Å². The summed E-state index contributed by atoms with van der Waals surface area (Å²) in [4.78, 5) is 0. The van der Waals surface area contributed by atoms with Gasteiger partial charge in [0.2, 0.25) is 0 Å². The number of nitrogens with one attached hydrogen (secondary N) is 1. The predicted octanol–water partition coefficient (Wildman–Crippen LogP) is 2.98. The van der Waals surface area contributed by atoms with Crippen LogP contribution in [0.1, 0.15) is 25.7 Å². The van der Waals surface area contributed by atoms with Gasteiger partial charge in [0.25, 0.3) is 0 Å². The van der Waals surface area contributed by atoms with Crippen molar-refractivity contribution in [3.8, 4) is 0 Å². The summed E-state index contributed by atoms with van der Waals surface area (Å²) in [5.74, 6) is 0.957. The topological polar surface area (TPSA) is 32.3 Å². The fourth-order valence-electron chi connectivity index (χ4n) is 3.99. The van der Waals surface area contributed by atoms with Crippen molar-refractivity contribution in [1.82, 2.24) is 5.32 Å². The molecular formula is C18H25NO. The Morgan fingerprint density at radius 3 is 2.75 bits per heavy atom. The lowest BCUT2D eigenvalue weighted by Gasteiger charge is -2.44. The molecule has 0 spiro atoms. The second kappa shape index (κ2) is 5.71. The minimum absolute atomic E-state index is 0.0938. The fourth-order valence-corrected chi connectivity index (χ4v) is 3.99. The van der Waals surface area contributed by atoms with E-state index >= 15 is 0 Å². The maximum Gasteiger partial charge on any atom is 0.0648 e. The molecule has 0 aliphatic heterocycles. The molecule has 0 amide bonds. The predicted molar refractivity (Wildman–Crippen MR) is 83.3 cm³/mol. The third-order valence-corrected chi connectivity index (χ3v) is 5.15. The van der Waals surface area contributed by atoms with Crippen LogP contribution in [0.25, 0.3) is 0 Å². The highest BCUT2D eigenvalue weighted by molar-refractivity contribution is 5.39. The van der Waals surface area contributed by atoms with Crippen LogP contribution in [0.5, 0.6) is 0 Å². The van der Waals surface area contributed by atoms with E-state index in [0.717, 1.165) is 25.8 Å². The number of rotatable bonds is 3. The molecule has 0 aromatic rings. The Labute approximate surface area is 122 Å². The number of hydrogen-bond donors (Lipinski definition) is 2. The number of aliphatic hydroxyl groups excluding tert-OH is 1. The van der Waals surface area contributed by atoms with E-state index in [1.54, 1.807) is 0 Å². The zero-order valence-electron chi connectivity index (χ0n) is 12.3. The smallest absolute Gasteiger partial charge is 0.0648 e. The first-order chi connectivity index (χ1) is 9.76. The highest BCUT2D eigenvalue weighted by Gasteiger charge is 2.42. The maximum absolute atomic E-state index is 10.7. The van der Waals surface area contributed by atoms with Crippen LogP contribution in [0.15, 0.2) is 48.1 Å². The summed E-state index contributed by atoms with van der Waals surface area (Å²) in [6.07, 6.45) is 19.9. The standard InChI is InChI=1S/C18H25NO/c1-19-13-18(11-5-4-8-17(18)20)16-10-9-14-6-2-3-7-15(14)12-16/h2-3,6-7,9-10,12,14-15,17,19-20H,4-5,8,11,13H2,1H3/t14?,15?,17-,18+/m1/s1. The Balaban J connectivity index is 1.92. The maximum atomic E-state index is 10.7. The van der Waals surface area contributed by atoms with Crippen molar-refractivity contribution in [1.29, 1.82) is 0 Å². The second-order valence-corrected chi connectivity index (χ2v) is 6.35. The summed E-state index contributed by atoms with van der Waals surface area (Å²) in [5.41, 5.74) is 1.24. The van der Waals surface area contributed by atoms with E-state index in [0.29, 0.717) is 11.8 Å². The van der Waals surface area contributed by atoms with E-state index in [9.17, 15) is 5.11 Å². The first-order valence-corrected chi connectivity index (χ1v) is 7.84. The van der Waals surface area contributed by atoms with Gasteiger partial charge in [-0.3, -0.25) is 0 Å². The largest absolute Gasteiger partial charge is 0.392 e. The Morgan fingerprint density at radius 1 is 1.20 bits per heavy atom. The van der Waals surface area contributed by atoms with Crippen LogP contribution in [0.2, 0.25) is 0 Å². The molecule has 3 aliphatic rings. The van der Waals surface area contributed by atoms with Gasteiger partial charge >= 0.3 is 0 Å². The lowest BCUT2D eigenvalue weighted by atomic mass is 9.64. The molecule has 0 heterocycles. The Hall–Kier alpha value is -1.12. The monoisotopic (exact) mass is 271 g/mol. The molecule has 0 radical (unpaired) electrons. The molecule has 2 unspecified atom stereocenters. The van der Waals surface area contributed by atoms with Crippen molar-refractivity contribution in [2.75, 3.05) is 13.6 Å². The van der Waals surface area contributed by atoms with Gasteiger partial charge in [-0.1, -0.05) is 55.4 Å². The van der Waals surface area contributed by atoms with E-state index in [4.69, 9.17) is 0 Å². The number of allylic oxidation sites excluding steroid dienone is 7. The van der Waals surface area contributed by atoms with E-state index in [2.05, 4.69) is 47.8 Å². The van der Waals surface area contributed by atoms with Gasteiger partial charge in [0.1, 0.15) is 0 Å². The highest BCUT2D eigenvalue weighted by Crippen LogP contribution is 2.45. The zero-order valence-corrected chi connectivity index (χ0v) is 12.3. The Morgan fingerprint density at radius 2 is 2.00 bits per heavy atom. The van der Waals surface area contributed by atoms with Gasteiger partial charge in [-0.25, -0.2) is 0 Å². The fraction of sp³-hybridized carbons (Fsp3) is 0.556. The zero-order chi connectivity index (χ0) is 14.0. The number of hydrogen-bond acceptors (Lipinski definition) is 2. The molecule has 1 saturated carbocycles. The minimum Gasteiger partial charge on any atom is -0.392 e. The van der Waals surface area contributed by atoms with Crippen LogP contribution < -0.4 is 5.32 Å². The molecule has 2 nitrogen and oxygen atoms in total. The third-order valence-electron chi connectivity index (χ3n) is 5.15. The molecule has 4 atom stereocenters. The molecule has 0 aromatic heterocycles. The van der Waals surface area contributed by atoms with E-state index in [-0.39, 0.29) is 11.5 Å². The van der Waals surface area contributed by atoms with Crippen LogP contribution in [0, 0.1) is 17.3 Å². The third kappa shape index (κ3) is 2.32. The Kier molecular flexibility index (Phi) is 3.95. The van der Waals surface area contributed by atoms with Crippen molar-refractivity contribution in [3.63, 3.8) is 0 Å². The Bertz CT molecular complexity index is 470. The summed E-state index contributed by atoms with van der Waals surface area (Å²) >= 11 is 0. The van der Waals surface area contributed by atoms with Gasteiger partial charge < -0.3 is 10.4 Å². The number of fused-ring (bicyclic) bond motifs is 1. The van der Waals surface area contributed by atoms with Gasteiger partial charge in [0.05, 0.1) is 6.10 Å². The SMILES string of the molecule is CNC[C@]1(C2=CC3C=CC=CC3C=C2)CCCC[C@H]1O. The molecule has 0 aromatic carbocycles. The quantitative estimate of drug-likeness (QED) is 0.827. The summed E-state index contributed by atoms with van der Waals surface area (Å²) in [6, 6.07) is 0. The van der Waals surface area contributed by atoms with Crippen LogP contribution in [-0.2, 0) is 0 Å². The number of aliphatic hydroxyl groups is 1. The molecule has 3 rings (SSSR count). The summed E-state index contributed by atoms with van der Waals surface area (Å²) in [5, 5.41) is 14.0. The summed E-state index contributed by atoms with van der Waals surface area (Å²) in [7, 11) is 1.99. The minimum atomic E-state index is -0.223. The molecule has 20 heavy (non-hydrogen) atoms. The van der Waals surface area contributed by atoms with Gasteiger partial charge in [0.15, 0.2) is 0 Å². The lowest BCUT2D eigenvalue weighted by molar-refractivity contribution is 0.0162. The van der Waals surface area contributed by atoms with Crippen LogP contribution in [0.4, 0.5) is 0 Å². The normalized spacial score (nSPS) is 39.5. The van der Waals surface area contributed by atoms with Crippen LogP contribution in [0.3, 0.4) is 0 Å². The average Bonchev–Trinajstić information content (AvgIpc) is 2.49. The summed E-state index contributed by atoms with van der Waals surface area (Å²) in [6.45, 7) is 0.862. The van der Waals surface area contributed by atoms with E-state index < -0.39 is 0 Å². The average molecular weight is 271 g/mol. The molecule has 2 heteroatoms. The van der Waals surface area contributed by atoms with Crippen molar-refractivity contribution in [2.45, 2.75) is 31.8 Å². The van der Waals surface area contributed by atoms with Crippen molar-refractivity contribution < 1.29 is 5.11 Å². The lowest BCUT2D eigenvalue weighted by Crippen LogP contribution is -2.46. The van der Waals surface area contributed by atoms with Crippen molar-refractivity contribution in [2.24, 2.45) is 17.3 Å². The molecule has 3 aliphatic carbocycles. The molecule has 108 valence electrons. The van der Waals surface area contributed by atoms with Crippen LogP contribution >= 0.6 is 0 Å². The van der Waals surface area contributed by atoms with Crippen LogP contribution in [-0.4, -0.2) is 24.8 Å². The first kappa shape index (κ1) is 13.8. The molecular weight excluding hydrogens is 246 g/mol. The van der Waals surface area contributed by atoms with Gasteiger partial charge in [0, 0.05) is 23.8 Å². The van der Waals surface area contributed by atoms with Crippen molar-refractivity contribution >= 4 is 0 Å². The first-order valence-electron chi connectivity index (χ1n) is 7.84. The second-order valence-electron chi connectivity index (χ2n) is 6.35. The van der Waals surface area contributed by atoms with Crippen molar-refractivity contribution in [3.05, 3.63) is 48.1 Å². The molecule has 1 fully saturated rings. The summed E-state index contributed by atoms with van der Waals surface area (Å²) < 4.78 is 0. The van der Waals surface area contributed by atoms with Gasteiger partial charge in [-0.2, -0.15) is 0 Å². The molecule has 0 saturated heterocycles. The van der Waals surface area contributed by atoms with Gasteiger partial charge in [-0.15, -0.1) is 0 Å².